The van der Waals surface area contributed by atoms with Crippen LogP contribution in [0, 0.1) is 5.92 Å². The van der Waals surface area contributed by atoms with Crippen LogP contribution in [0.1, 0.15) is 12.6 Å². The van der Waals surface area contributed by atoms with E-state index in [0.717, 1.165) is 62.4 Å². The molecule has 1 N–H and O–H groups in total. The fourth-order valence-electron chi connectivity index (χ4n) is 3.29. The van der Waals surface area contributed by atoms with Crippen molar-refractivity contribution in [3.63, 3.8) is 0 Å². The molecule has 1 saturated heterocycles. The lowest BCUT2D eigenvalue weighted by Crippen LogP contribution is -2.52. The summed E-state index contributed by atoms with van der Waals surface area (Å²) in [5.41, 5.74) is 0.988. The number of rotatable bonds is 8. The van der Waals surface area contributed by atoms with Gasteiger partial charge in [0.2, 0.25) is 0 Å². The first-order valence-electron chi connectivity index (χ1n) is 10.0. The van der Waals surface area contributed by atoms with Gasteiger partial charge in [-0.25, -0.2) is 0 Å². The molecule has 0 amide bonds. The van der Waals surface area contributed by atoms with Crippen molar-refractivity contribution in [2.75, 3.05) is 52.6 Å². The third-order valence-electron chi connectivity index (χ3n) is 4.96. The molecular weight excluding hydrogens is 513 g/mol. The summed E-state index contributed by atoms with van der Waals surface area (Å²) in [4.78, 5) is 10.4. The van der Waals surface area contributed by atoms with Crippen molar-refractivity contribution < 1.29 is 9.26 Å². The molecule has 0 saturated carbocycles. The van der Waals surface area contributed by atoms with Crippen molar-refractivity contribution in [1.29, 1.82) is 0 Å². The molecule has 0 aliphatic carbocycles. The molecule has 0 radical (unpaired) electrons. The smallest absolute Gasteiger partial charge is 0.193 e. The van der Waals surface area contributed by atoms with Gasteiger partial charge in [-0.3, -0.25) is 9.89 Å². The van der Waals surface area contributed by atoms with Gasteiger partial charge in [-0.05, 0) is 18.1 Å². The molecule has 1 aliphatic heterocycles. The van der Waals surface area contributed by atoms with Gasteiger partial charge in [0.15, 0.2) is 5.96 Å². The number of nitrogens with one attached hydrogen (secondary N) is 1. The first-order valence-corrected chi connectivity index (χ1v) is 11.0. The zero-order valence-electron chi connectivity index (χ0n) is 17.9. The van der Waals surface area contributed by atoms with Crippen molar-refractivity contribution in [2.45, 2.75) is 18.4 Å². The summed E-state index contributed by atoms with van der Waals surface area (Å²) in [6, 6.07) is 10.1. The first kappa shape index (κ1) is 24.8. The van der Waals surface area contributed by atoms with Crippen LogP contribution in [0.2, 0.25) is 0 Å². The fraction of sp³-hybridized carbons (Fsp3) is 0.524. The standard InChI is InChI=1S/C21H31N5O2S.HI/c1-17(16-29-20-7-5-4-6-19(20)27-3)14-23-21(22-2)26-11-9-25(10-12-26)15-18-8-13-28-24-18;/h4-8,13,17H,9-12,14-16H2,1-3H3,(H,22,23);1H. The molecule has 1 atom stereocenters. The quantitative estimate of drug-likeness (QED) is 0.236. The van der Waals surface area contributed by atoms with E-state index in [0.29, 0.717) is 5.92 Å². The molecule has 1 aromatic carbocycles. The summed E-state index contributed by atoms with van der Waals surface area (Å²) in [5, 5.41) is 7.55. The second-order valence-corrected chi connectivity index (χ2v) is 8.31. The maximum atomic E-state index is 5.44. The zero-order valence-corrected chi connectivity index (χ0v) is 21.1. The topological polar surface area (TPSA) is 66.1 Å². The lowest BCUT2D eigenvalue weighted by atomic mass is 10.2. The maximum Gasteiger partial charge on any atom is 0.193 e. The number of aromatic nitrogens is 1. The highest BCUT2D eigenvalue weighted by atomic mass is 127. The minimum absolute atomic E-state index is 0. The van der Waals surface area contributed by atoms with Crippen molar-refractivity contribution in [3.8, 4) is 5.75 Å². The maximum absolute atomic E-state index is 5.44. The number of hydrogen-bond acceptors (Lipinski definition) is 6. The Morgan fingerprint density at radius 2 is 2.03 bits per heavy atom. The minimum atomic E-state index is 0. The molecule has 0 bridgehead atoms. The normalized spacial score (nSPS) is 16.1. The van der Waals surface area contributed by atoms with Gasteiger partial charge in [0, 0.05) is 63.0 Å². The van der Waals surface area contributed by atoms with Gasteiger partial charge in [-0.2, -0.15) is 0 Å². The van der Waals surface area contributed by atoms with E-state index in [9.17, 15) is 0 Å². The Morgan fingerprint density at radius 3 is 2.70 bits per heavy atom. The molecular formula is C21H32IN5O2S. The van der Waals surface area contributed by atoms with Crippen molar-refractivity contribution >= 4 is 41.7 Å². The summed E-state index contributed by atoms with van der Waals surface area (Å²) in [6.45, 7) is 7.91. The summed E-state index contributed by atoms with van der Waals surface area (Å²) in [6.07, 6.45) is 1.63. The number of hydrogen-bond donors (Lipinski definition) is 1. The van der Waals surface area contributed by atoms with Crippen molar-refractivity contribution in [1.82, 2.24) is 20.3 Å². The van der Waals surface area contributed by atoms with Gasteiger partial charge in [-0.1, -0.05) is 24.2 Å². The Bertz CT molecular complexity index is 767. The lowest BCUT2D eigenvalue weighted by molar-refractivity contribution is 0.169. The fourth-order valence-corrected chi connectivity index (χ4v) is 4.34. The number of guanidine groups is 1. The van der Waals surface area contributed by atoms with Crippen LogP contribution in [0.4, 0.5) is 0 Å². The number of benzene rings is 1. The van der Waals surface area contributed by atoms with Crippen LogP contribution in [0.3, 0.4) is 0 Å². The molecule has 30 heavy (non-hydrogen) atoms. The number of ether oxygens (including phenoxy) is 1. The van der Waals surface area contributed by atoms with Gasteiger partial charge >= 0.3 is 0 Å². The van der Waals surface area contributed by atoms with E-state index >= 15 is 0 Å². The molecule has 0 spiro atoms. The molecule has 2 aromatic rings. The Kier molecular flexibility index (Phi) is 10.8. The highest BCUT2D eigenvalue weighted by molar-refractivity contribution is 14.0. The molecule has 2 heterocycles. The second kappa shape index (κ2) is 13.1. The molecule has 9 heteroatoms. The van der Waals surface area contributed by atoms with E-state index in [-0.39, 0.29) is 24.0 Å². The predicted octanol–water partition coefficient (Wildman–Crippen LogP) is 3.42. The molecule has 3 rings (SSSR count). The predicted molar refractivity (Wildman–Crippen MR) is 133 cm³/mol. The highest BCUT2D eigenvalue weighted by Gasteiger charge is 2.20. The first-order chi connectivity index (χ1) is 14.2. The van der Waals surface area contributed by atoms with E-state index in [1.165, 1.54) is 4.90 Å². The van der Waals surface area contributed by atoms with Crippen LogP contribution in [0.5, 0.6) is 5.75 Å². The Balaban J connectivity index is 0.00000320. The van der Waals surface area contributed by atoms with E-state index in [1.54, 1.807) is 13.4 Å². The highest BCUT2D eigenvalue weighted by Crippen LogP contribution is 2.29. The van der Waals surface area contributed by atoms with Crippen LogP contribution in [-0.4, -0.2) is 73.6 Å². The Morgan fingerprint density at radius 1 is 1.27 bits per heavy atom. The summed E-state index contributed by atoms with van der Waals surface area (Å²) >= 11 is 1.84. The van der Waals surface area contributed by atoms with Gasteiger partial charge in [0.05, 0.1) is 12.8 Å². The third kappa shape index (κ3) is 7.35. The monoisotopic (exact) mass is 545 g/mol. The van der Waals surface area contributed by atoms with E-state index < -0.39 is 0 Å². The second-order valence-electron chi connectivity index (χ2n) is 7.25. The lowest BCUT2D eigenvalue weighted by Gasteiger charge is -2.36. The van der Waals surface area contributed by atoms with Gasteiger partial charge in [0.25, 0.3) is 0 Å². The van der Waals surface area contributed by atoms with E-state index in [4.69, 9.17) is 9.26 Å². The number of thioether (sulfide) groups is 1. The summed E-state index contributed by atoms with van der Waals surface area (Å²) in [5.74, 6) is 3.46. The summed E-state index contributed by atoms with van der Waals surface area (Å²) < 4.78 is 10.4. The number of piperazine rings is 1. The van der Waals surface area contributed by atoms with Crippen LogP contribution in [-0.2, 0) is 6.54 Å². The summed E-state index contributed by atoms with van der Waals surface area (Å²) in [7, 11) is 3.58. The molecule has 1 aliphatic rings. The zero-order chi connectivity index (χ0) is 20.5. The number of halogens is 1. The van der Waals surface area contributed by atoms with Crippen molar-refractivity contribution in [3.05, 3.63) is 42.3 Å². The van der Waals surface area contributed by atoms with Gasteiger partial charge < -0.3 is 19.5 Å². The SMILES string of the molecule is CN=C(NCC(C)CSc1ccccc1OC)N1CCN(Cc2ccon2)CC1.I. The van der Waals surface area contributed by atoms with Crippen LogP contribution in [0.15, 0.2) is 51.0 Å². The average molecular weight is 545 g/mol. The van der Waals surface area contributed by atoms with E-state index in [1.807, 2.05) is 37.0 Å². The van der Waals surface area contributed by atoms with Crippen LogP contribution < -0.4 is 10.1 Å². The molecule has 166 valence electrons. The van der Waals surface area contributed by atoms with Crippen LogP contribution in [0.25, 0.3) is 0 Å². The molecule has 1 fully saturated rings. The van der Waals surface area contributed by atoms with E-state index in [2.05, 4.69) is 44.3 Å². The molecule has 1 unspecified atom stereocenters. The van der Waals surface area contributed by atoms with Crippen LogP contribution >= 0.6 is 35.7 Å². The molecule has 7 nitrogen and oxygen atoms in total. The number of aliphatic imine (C=N–C) groups is 1. The number of nitrogens with zero attached hydrogens (tertiary/aromatic N) is 4. The van der Waals surface area contributed by atoms with Crippen molar-refractivity contribution in [2.24, 2.45) is 10.9 Å². The molecule has 1 aromatic heterocycles. The van der Waals surface area contributed by atoms with Gasteiger partial charge in [0.1, 0.15) is 12.0 Å². The largest absolute Gasteiger partial charge is 0.496 e. The van der Waals surface area contributed by atoms with Gasteiger partial charge in [-0.15, -0.1) is 35.7 Å². The number of methoxy groups -OCH3 is 1. The number of para-hydroxylation sites is 1. The Labute approximate surface area is 200 Å². The Hall–Kier alpha value is -1.46. The minimum Gasteiger partial charge on any atom is -0.496 e. The third-order valence-corrected chi connectivity index (χ3v) is 6.35. The average Bonchev–Trinajstić information content (AvgIpc) is 3.27.